The molecule has 3 aromatic carbocycles. The first-order valence-electron chi connectivity index (χ1n) is 9.25. The summed E-state index contributed by atoms with van der Waals surface area (Å²) >= 11 is 0. The second-order valence-corrected chi connectivity index (χ2v) is 6.59. The normalized spacial score (nSPS) is 13.6. The Bertz CT molecular complexity index is 1120. The summed E-state index contributed by atoms with van der Waals surface area (Å²) < 4.78 is 29.6. The molecule has 1 aliphatic rings. The number of ether oxygens (including phenoxy) is 3. The molecule has 0 saturated carbocycles. The minimum absolute atomic E-state index is 0.0926. The van der Waals surface area contributed by atoms with E-state index in [2.05, 4.69) is 0 Å². The minimum atomic E-state index is -0.511. The lowest BCUT2D eigenvalue weighted by Crippen LogP contribution is -2.14. The smallest absolute Gasteiger partial charge is 0.344 e. The molecule has 6 heteroatoms. The number of halogens is 1. The molecule has 1 heterocycles. The van der Waals surface area contributed by atoms with Crippen molar-refractivity contribution < 1.29 is 28.2 Å². The van der Waals surface area contributed by atoms with Gasteiger partial charge in [-0.25, -0.2) is 9.18 Å². The van der Waals surface area contributed by atoms with Crippen LogP contribution in [0.25, 0.3) is 6.08 Å². The molecule has 30 heavy (non-hydrogen) atoms. The van der Waals surface area contributed by atoms with Crippen molar-refractivity contribution in [1.29, 1.82) is 0 Å². The first-order valence-corrected chi connectivity index (χ1v) is 9.25. The zero-order valence-corrected chi connectivity index (χ0v) is 15.8. The van der Waals surface area contributed by atoms with Crippen molar-refractivity contribution in [3.05, 3.63) is 101 Å². The van der Waals surface area contributed by atoms with Gasteiger partial charge < -0.3 is 14.2 Å². The number of Topliss-reactive ketones (excluding diaryl/α,β-unsaturated/α-hetero) is 1. The van der Waals surface area contributed by atoms with Crippen molar-refractivity contribution >= 4 is 17.8 Å². The second-order valence-electron chi connectivity index (χ2n) is 6.59. The number of benzene rings is 3. The third-order valence-electron chi connectivity index (χ3n) is 4.39. The highest BCUT2D eigenvalue weighted by Gasteiger charge is 2.27. The van der Waals surface area contributed by atoms with Crippen LogP contribution in [0.4, 0.5) is 4.39 Å². The van der Waals surface area contributed by atoms with Crippen LogP contribution in [-0.2, 0) is 16.1 Å². The van der Waals surface area contributed by atoms with E-state index in [1.165, 1.54) is 24.3 Å². The predicted octanol–water partition coefficient (Wildman–Crippen LogP) is 4.56. The molecule has 0 saturated heterocycles. The van der Waals surface area contributed by atoms with Gasteiger partial charge in [-0.15, -0.1) is 0 Å². The van der Waals surface area contributed by atoms with E-state index in [4.69, 9.17) is 14.2 Å². The summed E-state index contributed by atoms with van der Waals surface area (Å²) in [7, 11) is 0. The maximum absolute atomic E-state index is 13.3. The maximum Gasteiger partial charge on any atom is 0.344 e. The summed E-state index contributed by atoms with van der Waals surface area (Å²) in [4.78, 5) is 24.4. The van der Waals surface area contributed by atoms with Gasteiger partial charge in [0.25, 0.3) is 0 Å². The van der Waals surface area contributed by atoms with Gasteiger partial charge in [0.1, 0.15) is 23.9 Å². The number of fused-ring (bicyclic) bond motifs is 1. The summed E-state index contributed by atoms with van der Waals surface area (Å²) in [6.45, 7) is -0.107. The fourth-order valence-corrected chi connectivity index (χ4v) is 2.93. The predicted molar refractivity (Wildman–Crippen MR) is 108 cm³/mol. The van der Waals surface area contributed by atoms with E-state index in [1.807, 2.05) is 30.3 Å². The van der Waals surface area contributed by atoms with E-state index < -0.39 is 11.8 Å². The average Bonchev–Trinajstić information content (AvgIpc) is 3.06. The van der Waals surface area contributed by atoms with Crippen molar-refractivity contribution in [1.82, 2.24) is 0 Å². The number of hydrogen-bond donors (Lipinski definition) is 0. The first-order chi connectivity index (χ1) is 14.6. The number of rotatable bonds is 6. The van der Waals surface area contributed by atoms with Crippen LogP contribution in [0.3, 0.4) is 0 Å². The Morgan fingerprint density at radius 1 is 1.00 bits per heavy atom. The molecule has 0 bridgehead atoms. The number of hydrogen-bond acceptors (Lipinski definition) is 5. The summed E-state index contributed by atoms with van der Waals surface area (Å²) in [5.41, 5.74) is 1.77. The topological polar surface area (TPSA) is 61.8 Å². The van der Waals surface area contributed by atoms with Gasteiger partial charge in [-0.1, -0.05) is 42.5 Å². The van der Waals surface area contributed by atoms with Crippen LogP contribution in [0.5, 0.6) is 11.5 Å². The lowest BCUT2D eigenvalue weighted by molar-refractivity contribution is -0.147. The van der Waals surface area contributed by atoms with Crippen molar-refractivity contribution in [3.8, 4) is 11.5 Å². The Labute approximate surface area is 172 Å². The Morgan fingerprint density at radius 3 is 2.63 bits per heavy atom. The highest BCUT2D eigenvalue weighted by molar-refractivity contribution is 6.14. The van der Waals surface area contributed by atoms with Crippen LogP contribution in [0.2, 0.25) is 0 Å². The van der Waals surface area contributed by atoms with Gasteiger partial charge in [0.2, 0.25) is 5.78 Å². The zero-order valence-electron chi connectivity index (χ0n) is 15.8. The van der Waals surface area contributed by atoms with E-state index in [-0.39, 0.29) is 24.8 Å². The minimum Gasteiger partial charge on any atom is -0.482 e. The SMILES string of the molecule is O=C(COc1ccc2c(c1)OC(=Cc1cccc(F)c1)C2=O)OCc1ccccc1. The molecule has 0 aromatic heterocycles. The van der Waals surface area contributed by atoms with Crippen molar-refractivity contribution in [3.63, 3.8) is 0 Å². The molecule has 0 aliphatic carbocycles. The van der Waals surface area contributed by atoms with Crippen molar-refractivity contribution in [2.75, 3.05) is 6.61 Å². The Kier molecular flexibility index (Phi) is 5.57. The van der Waals surface area contributed by atoms with Gasteiger partial charge in [-0.2, -0.15) is 0 Å². The monoisotopic (exact) mass is 404 g/mol. The molecule has 4 rings (SSSR count). The van der Waals surface area contributed by atoms with Crippen LogP contribution in [0.1, 0.15) is 21.5 Å². The molecule has 5 nitrogen and oxygen atoms in total. The molecule has 1 aliphatic heterocycles. The molecule has 0 radical (unpaired) electrons. The van der Waals surface area contributed by atoms with Gasteiger partial charge in [0, 0.05) is 6.07 Å². The van der Waals surface area contributed by atoms with Crippen LogP contribution >= 0.6 is 0 Å². The number of carbonyl (C=O) groups excluding carboxylic acids is 2. The number of ketones is 1. The lowest BCUT2D eigenvalue weighted by Gasteiger charge is -2.08. The van der Waals surface area contributed by atoms with E-state index in [9.17, 15) is 14.0 Å². The van der Waals surface area contributed by atoms with Crippen LogP contribution < -0.4 is 9.47 Å². The van der Waals surface area contributed by atoms with Gasteiger partial charge in [0.15, 0.2) is 12.4 Å². The van der Waals surface area contributed by atoms with Gasteiger partial charge in [-0.3, -0.25) is 4.79 Å². The molecular formula is C24H17FO5. The van der Waals surface area contributed by atoms with E-state index in [0.29, 0.717) is 22.6 Å². The quantitative estimate of drug-likeness (QED) is 0.445. The highest BCUT2D eigenvalue weighted by atomic mass is 19.1. The molecule has 150 valence electrons. The summed E-state index contributed by atoms with van der Waals surface area (Å²) in [6.07, 6.45) is 1.48. The molecule has 0 fully saturated rings. The van der Waals surface area contributed by atoms with Gasteiger partial charge in [0.05, 0.1) is 5.56 Å². The Hall–Kier alpha value is -3.93. The highest BCUT2D eigenvalue weighted by Crippen LogP contribution is 2.34. The molecule has 0 N–H and O–H groups in total. The Morgan fingerprint density at radius 2 is 1.83 bits per heavy atom. The summed E-state index contributed by atoms with van der Waals surface area (Å²) in [6, 6.07) is 19.9. The molecular weight excluding hydrogens is 387 g/mol. The van der Waals surface area contributed by atoms with Crippen LogP contribution in [-0.4, -0.2) is 18.4 Å². The lowest BCUT2D eigenvalue weighted by atomic mass is 10.1. The first kappa shape index (κ1) is 19.4. The van der Waals surface area contributed by atoms with E-state index in [1.54, 1.807) is 24.3 Å². The standard InChI is InChI=1S/C24H17FO5/c25-18-8-4-7-17(11-18)12-22-24(27)20-10-9-19(13-21(20)30-22)28-15-23(26)29-14-16-5-2-1-3-6-16/h1-13H,14-15H2. The fourth-order valence-electron chi connectivity index (χ4n) is 2.93. The number of allylic oxidation sites excluding steroid dienone is 1. The van der Waals surface area contributed by atoms with E-state index >= 15 is 0 Å². The molecule has 0 spiro atoms. The van der Waals surface area contributed by atoms with Crippen molar-refractivity contribution in [2.24, 2.45) is 0 Å². The zero-order chi connectivity index (χ0) is 20.9. The second kappa shape index (κ2) is 8.61. The third-order valence-corrected chi connectivity index (χ3v) is 4.39. The summed E-state index contributed by atoms with van der Waals surface area (Å²) in [5.74, 6) is -0.439. The molecule has 0 atom stereocenters. The van der Waals surface area contributed by atoms with Crippen molar-refractivity contribution in [2.45, 2.75) is 6.61 Å². The number of esters is 1. The largest absolute Gasteiger partial charge is 0.482 e. The molecule has 0 unspecified atom stereocenters. The molecule has 0 amide bonds. The van der Waals surface area contributed by atoms with Gasteiger partial charge in [-0.05, 0) is 41.5 Å². The van der Waals surface area contributed by atoms with E-state index in [0.717, 1.165) is 5.56 Å². The fraction of sp³-hybridized carbons (Fsp3) is 0.0833. The number of carbonyl (C=O) groups is 2. The van der Waals surface area contributed by atoms with Crippen LogP contribution in [0.15, 0.2) is 78.6 Å². The Balaban J connectivity index is 1.37. The molecule has 3 aromatic rings. The average molecular weight is 404 g/mol. The maximum atomic E-state index is 13.3. The van der Waals surface area contributed by atoms with Crippen LogP contribution in [0, 0.1) is 5.82 Å². The third kappa shape index (κ3) is 4.55. The van der Waals surface area contributed by atoms with Gasteiger partial charge >= 0.3 is 5.97 Å². The summed E-state index contributed by atoms with van der Waals surface area (Å²) in [5, 5.41) is 0.